The molecule has 7 nitrogen and oxygen atoms in total. The number of halogens is 3. The summed E-state index contributed by atoms with van der Waals surface area (Å²) in [6.45, 7) is 2.12. The number of nitrogens with one attached hydrogen (secondary N) is 1. The topological polar surface area (TPSA) is 84.9 Å². The fourth-order valence-corrected chi connectivity index (χ4v) is 4.62. The van der Waals surface area contributed by atoms with Gasteiger partial charge in [0.05, 0.1) is 12.2 Å². The van der Waals surface area contributed by atoms with E-state index in [1.54, 1.807) is 4.72 Å². The van der Waals surface area contributed by atoms with Crippen LogP contribution >= 0.6 is 0 Å². The highest BCUT2D eigenvalue weighted by atomic mass is 32.2. The number of hydrogen-bond acceptors (Lipinski definition) is 6. The average molecular weight is 436 g/mol. The summed E-state index contributed by atoms with van der Waals surface area (Å²) < 4.78 is 73.2. The summed E-state index contributed by atoms with van der Waals surface area (Å²) in [7, 11) is -4.67. The van der Waals surface area contributed by atoms with E-state index in [1.807, 2.05) is 0 Å². The molecular formula is C18H23F3N2O5S. The molecule has 11 heteroatoms. The lowest BCUT2D eigenvalue weighted by molar-refractivity contribution is -0.137. The van der Waals surface area contributed by atoms with E-state index < -0.39 is 33.9 Å². The Morgan fingerprint density at radius 2 is 1.93 bits per heavy atom. The van der Waals surface area contributed by atoms with Crippen molar-refractivity contribution in [3.8, 4) is 5.75 Å². The number of nitrogens with zero attached hydrogens (tertiary/aromatic N) is 1. The number of amides is 1. The molecule has 1 amide bonds. The van der Waals surface area contributed by atoms with Crippen molar-refractivity contribution >= 4 is 16.4 Å². The molecule has 2 saturated heterocycles. The van der Waals surface area contributed by atoms with Crippen LogP contribution in [0, 0.1) is 5.92 Å². The first-order valence-corrected chi connectivity index (χ1v) is 10.9. The van der Waals surface area contributed by atoms with Crippen LogP contribution < -0.4 is 8.91 Å². The Balaban J connectivity index is 1.53. The zero-order valence-electron chi connectivity index (χ0n) is 15.7. The summed E-state index contributed by atoms with van der Waals surface area (Å²) >= 11 is 0. The summed E-state index contributed by atoms with van der Waals surface area (Å²) in [5, 5.41) is 0. The van der Waals surface area contributed by atoms with Crippen molar-refractivity contribution in [2.45, 2.75) is 44.3 Å². The molecule has 0 spiro atoms. The number of rotatable bonds is 5. The molecule has 29 heavy (non-hydrogen) atoms. The second kappa shape index (κ2) is 8.78. The van der Waals surface area contributed by atoms with Gasteiger partial charge in [0.25, 0.3) is 0 Å². The van der Waals surface area contributed by atoms with E-state index in [-0.39, 0.29) is 12.5 Å². The maximum Gasteiger partial charge on any atom is 0.423 e. The van der Waals surface area contributed by atoms with Crippen LogP contribution in [0.25, 0.3) is 0 Å². The molecule has 2 aliphatic heterocycles. The standard InChI is InChI=1S/C18H23F3N2O5S/c19-18(20,21)14-6-3-7-15(11-14)28-29(25,26)22-17(24)27-12-13-5-4-10-23-9-2-1-8-16(13)23/h3,6-7,11,13,16H,1-2,4-5,8-10,12H2,(H,22,24)/t13-,16-/m0/s1. The highest BCUT2D eigenvalue weighted by Gasteiger charge is 2.34. The van der Waals surface area contributed by atoms with E-state index in [0.717, 1.165) is 63.4 Å². The SMILES string of the molecule is O=C(NS(=O)(=O)Oc1cccc(C(F)(F)F)c1)OC[C@@H]1CCCN2CCCC[C@@H]12. The van der Waals surface area contributed by atoms with Crippen molar-refractivity contribution in [3.63, 3.8) is 0 Å². The van der Waals surface area contributed by atoms with Gasteiger partial charge in [-0.25, -0.2) is 4.79 Å². The van der Waals surface area contributed by atoms with Crippen LogP contribution in [0.15, 0.2) is 24.3 Å². The molecule has 1 N–H and O–H groups in total. The van der Waals surface area contributed by atoms with Crippen molar-refractivity contribution in [1.29, 1.82) is 0 Å². The minimum atomic E-state index is -4.67. The van der Waals surface area contributed by atoms with Gasteiger partial charge in [-0.1, -0.05) is 12.5 Å². The van der Waals surface area contributed by atoms with Gasteiger partial charge in [0.2, 0.25) is 0 Å². The molecule has 3 rings (SSSR count). The lowest BCUT2D eigenvalue weighted by Gasteiger charge is -2.44. The molecule has 2 aliphatic rings. The summed E-state index contributed by atoms with van der Waals surface area (Å²) in [5.74, 6) is -0.438. The first-order valence-electron chi connectivity index (χ1n) is 9.44. The number of benzene rings is 1. The molecular weight excluding hydrogens is 413 g/mol. The third-order valence-electron chi connectivity index (χ3n) is 5.23. The van der Waals surface area contributed by atoms with E-state index in [4.69, 9.17) is 4.74 Å². The van der Waals surface area contributed by atoms with Gasteiger partial charge in [-0.3, -0.25) is 4.90 Å². The number of alkyl halides is 3. The summed E-state index contributed by atoms with van der Waals surface area (Å²) in [5.41, 5.74) is -1.07. The van der Waals surface area contributed by atoms with Gasteiger partial charge in [-0.15, -0.1) is 0 Å². The second-order valence-corrected chi connectivity index (χ2v) is 8.54. The Hall–Kier alpha value is -2.01. The predicted molar refractivity (Wildman–Crippen MR) is 97.4 cm³/mol. The Bertz CT molecular complexity index is 829. The molecule has 2 heterocycles. The third-order valence-corrected chi connectivity index (χ3v) is 6.06. The second-order valence-electron chi connectivity index (χ2n) is 7.26. The largest absolute Gasteiger partial charge is 0.448 e. The number of carbonyl (C=O) groups excluding carboxylic acids is 1. The Labute approximate surface area is 167 Å². The first kappa shape index (κ1) is 21.7. The van der Waals surface area contributed by atoms with Crippen LogP contribution in [-0.2, 0) is 21.2 Å². The molecule has 1 aromatic rings. The number of carbonyl (C=O) groups is 1. The monoisotopic (exact) mass is 436 g/mol. The Kier molecular flexibility index (Phi) is 6.57. The fraction of sp³-hybridized carbons (Fsp3) is 0.611. The van der Waals surface area contributed by atoms with Crippen molar-refractivity contribution in [2.75, 3.05) is 19.7 Å². The number of ether oxygens (including phenoxy) is 1. The van der Waals surface area contributed by atoms with Gasteiger partial charge >= 0.3 is 22.6 Å². The molecule has 1 aromatic carbocycles. The fourth-order valence-electron chi connectivity index (χ4n) is 3.96. The summed E-state index contributed by atoms with van der Waals surface area (Å²) in [6.07, 6.45) is -0.705. The third kappa shape index (κ3) is 5.99. The van der Waals surface area contributed by atoms with Gasteiger partial charge in [0.1, 0.15) is 5.75 Å². The van der Waals surface area contributed by atoms with Crippen LogP contribution in [0.1, 0.15) is 37.7 Å². The number of hydrogen-bond donors (Lipinski definition) is 1. The smallest absolute Gasteiger partial charge is 0.423 e. The zero-order chi connectivity index (χ0) is 21.1. The normalized spacial score (nSPS) is 23.1. The first-order chi connectivity index (χ1) is 13.6. The van der Waals surface area contributed by atoms with Crippen LogP contribution in [0.3, 0.4) is 0 Å². The Morgan fingerprint density at radius 3 is 2.69 bits per heavy atom. The van der Waals surface area contributed by atoms with E-state index in [2.05, 4.69) is 9.08 Å². The lowest BCUT2D eigenvalue weighted by Crippen LogP contribution is -2.49. The zero-order valence-corrected chi connectivity index (χ0v) is 16.5. The highest BCUT2D eigenvalue weighted by molar-refractivity contribution is 7.85. The van der Waals surface area contributed by atoms with Crippen molar-refractivity contribution in [2.24, 2.45) is 5.92 Å². The molecule has 162 valence electrons. The molecule has 2 atom stereocenters. The van der Waals surface area contributed by atoms with E-state index in [0.29, 0.717) is 12.1 Å². The molecule has 0 unspecified atom stereocenters. The van der Waals surface area contributed by atoms with Gasteiger partial charge in [0, 0.05) is 12.0 Å². The minimum absolute atomic E-state index is 0.0755. The summed E-state index contributed by atoms with van der Waals surface area (Å²) in [4.78, 5) is 14.3. The average Bonchev–Trinajstić information content (AvgIpc) is 2.65. The molecule has 0 aromatic heterocycles. The maximum absolute atomic E-state index is 12.7. The van der Waals surface area contributed by atoms with Gasteiger partial charge in [0.15, 0.2) is 0 Å². The molecule has 0 bridgehead atoms. The van der Waals surface area contributed by atoms with Crippen LogP contribution in [0.5, 0.6) is 5.75 Å². The maximum atomic E-state index is 12.7. The van der Waals surface area contributed by atoms with Crippen LogP contribution in [-0.4, -0.2) is 45.1 Å². The minimum Gasteiger partial charge on any atom is -0.448 e. The van der Waals surface area contributed by atoms with Crippen molar-refractivity contribution in [1.82, 2.24) is 9.62 Å². The van der Waals surface area contributed by atoms with E-state index in [1.165, 1.54) is 0 Å². The number of piperidine rings is 2. The lowest BCUT2D eigenvalue weighted by atomic mass is 9.84. The van der Waals surface area contributed by atoms with Gasteiger partial charge in [-0.05, 0) is 57.0 Å². The molecule has 0 saturated carbocycles. The molecule has 0 radical (unpaired) electrons. The predicted octanol–water partition coefficient (Wildman–Crippen LogP) is 3.32. The van der Waals surface area contributed by atoms with Crippen molar-refractivity contribution in [3.05, 3.63) is 29.8 Å². The van der Waals surface area contributed by atoms with E-state index >= 15 is 0 Å². The van der Waals surface area contributed by atoms with Crippen LogP contribution in [0.4, 0.5) is 18.0 Å². The van der Waals surface area contributed by atoms with E-state index in [9.17, 15) is 26.4 Å². The van der Waals surface area contributed by atoms with Crippen molar-refractivity contribution < 1.29 is 35.3 Å². The van der Waals surface area contributed by atoms with Gasteiger partial charge < -0.3 is 8.92 Å². The molecule has 0 aliphatic carbocycles. The van der Waals surface area contributed by atoms with Gasteiger partial charge in [-0.2, -0.15) is 26.3 Å². The van der Waals surface area contributed by atoms with Crippen LogP contribution in [0.2, 0.25) is 0 Å². The number of fused-ring (bicyclic) bond motifs is 1. The molecule has 2 fully saturated rings. The summed E-state index contributed by atoms with van der Waals surface area (Å²) in [6, 6.07) is 3.68. The highest BCUT2D eigenvalue weighted by Crippen LogP contribution is 2.32. The Morgan fingerprint density at radius 1 is 1.17 bits per heavy atom. The quantitative estimate of drug-likeness (QED) is 0.762.